The Kier molecular flexibility index (Phi) is 6.00. The van der Waals surface area contributed by atoms with E-state index in [4.69, 9.17) is 4.74 Å². The minimum atomic E-state index is -0.742. The Morgan fingerprint density at radius 2 is 1.83 bits per heavy atom. The first-order valence-corrected chi connectivity index (χ1v) is 7.45. The molecule has 0 aliphatic rings. The number of aliphatic hydroxyl groups excluding tert-OH is 1. The van der Waals surface area contributed by atoms with Crippen LogP contribution in [0, 0.1) is 0 Å². The number of urea groups is 1. The molecule has 2 aromatic rings. The van der Waals surface area contributed by atoms with Crippen LogP contribution in [0.15, 0.2) is 54.6 Å². The monoisotopic (exact) mass is 314 g/mol. The van der Waals surface area contributed by atoms with Crippen LogP contribution in [-0.2, 0) is 6.54 Å². The summed E-state index contributed by atoms with van der Waals surface area (Å²) >= 11 is 0. The molecule has 5 nitrogen and oxygen atoms in total. The van der Waals surface area contributed by atoms with E-state index in [0.29, 0.717) is 6.54 Å². The zero-order valence-corrected chi connectivity index (χ0v) is 13.4. The number of amides is 2. The zero-order valence-electron chi connectivity index (χ0n) is 13.4. The smallest absolute Gasteiger partial charge is 0.317 e. The van der Waals surface area contributed by atoms with Gasteiger partial charge in [0, 0.05) is 13.6 Å². The summed E-state index contributed by atoms with van der Waals surface area (Å²) in [7, 11) is 3.25. The summed E-state index contributed by atoms with van der Waals surface area (Å²) in [6.45, 7) is 0.676. The third kappa shape index (κ3) is 5.00. The summed E-state index contributed by atoms with van der Waals surface area (Å²) < 4.78 is 5.09. The van der Waals surface area contributed by atoms with Crippen LogP contribution < -0.4 is 10.1 Å². The fraction of sp³-hybridized carbons (Fsp3) is 0.278. The van der Waals surface area contributed by atoms with Crippen LogP contribution in [0.25, 0.3) is 0 Å². The second-order valence-electron chi connectivity index (χ2n) is 5.31. The second-order valence-corrected chi connectivity index (χ2v) is 5.31. The maximum atomic E-state index is 12.1. The molecule has 0 aliphatic carbocycles. The van der Waals surface area contributed by atoms with Gasteiger partial charge in [0.05, 0.1) is 19.8 Å². The molecule has 5 heteroatoms. The second kappa shape index (κ2) is 8.19. The van der Waals surface area contributed by atoms with E-state index in [1.54, 1.807) is 38.4 Å². The number of likely N-dealkylation sites (N-methyl/N-ethyl adjacent to an activating group) is 1. The van der Waals surface area contributed by atoms with Gasteiger partial charge in [0.1, 0.15) is 5.75 Å². The summed E-state index contributed by atoms with van der Waals surface area (Å²) in [5, 5.41) is 13.1. The largest absolute Gasteiger partial charge is 0.497 e. The molecule has 0 heterocycles. The Labute approximate surface area is 136 Å². The van der Waals surface area contributed by atoms with E-state index in [-0.39, 0.29) is 12.6 Å². The lowest BCUT2D eigenvalue weighted by Crippen LogP contribution is -2.39. The number of carbonyl (C=O) groups is 1. The van der Waals surface area contributed by atoms with E-state index in [9.17, 15) is 9.90 Å². The van der Waals surface area contributed by atoms with Crippen LogP contribution in [-0.4, -0.2) is 36.7 Å². The minimum absolute atomic E-state index is 0.215. The molecule has 0 bridgehead atoms. The van der Waals surface area contributed by atoms with Gasteiger partial charge in [-0.15, -0.1) is 0 Å². The third-order valence-corrected chi connectivity index (χ3v) is 3.58. The van der Waals surface area contributed by atoms with Crippen molar-refractivity contribution in [1.29, 1.82) is 0 Å². The van der Waals surface area contributed by atoms with Crippen molar-refractivity contribution in [3.63, 3.8) is 0 Å². The van der Waals surface area contributed by atoms with E-state index in [1.807, 2.05) is 30.3 Å². The van der Waals surface area contributed by atoms with Gasteiger partial charge in [-0.1, -0.05) is 42.5 Å². The summed E-state index contributed by atoms with van der Waals surface area (Å²) in [4.78, 5) is 13.5. The lowest BCUT2D eigenvalue weighted by molar-refractivity contribution is 0.131. The maximum Gasteiger partial charge on any atom is 0.317 e. The molecule has 23 heavy (non-hydrogen) atoms. The van der Waals surface area contributed by atoms with Gasteiger partial charge in [0.25, 0.3) is 0 Å². The topological polar surface area (TPSA) is 61.8 Å². The fourth-order valence-corrected chi connectivity index (χ4v) is 2.18. The minimum Gasteiger partial charge on any atom is -0.497 e. The molecular formula is C18H22N2O3. The summed E-state index contributed by atoms with van der Waals surface area (Å²) in [6, 6.07) is 16.6. The molecule has 0 saturated heterocycles. The van der Waals surface area contributed by atoms with Crippen LogP contribution in [0.5, 0.6) is 5.75 Å². The Bertz CT molecular complexity index is 614. The SMILES string of the molecule is COc1ccc(C(O)CN(C)C(=O)NCc2ccccc2)cc1. The van der Waals surface area contributed by atoms with Crippen molar-refractivity contribution < 1.29 is 14.6 Å². The van der Waals surface area contributed by atoms with Gasteiger partial charge in [-0.05, 0) is 23.3 Å². The van der Waals surface area contributed by atoms with Crippen molar-refractivity contribution in [3.05, 3.63) is 65.7 Å². The van der Waals surface area contributed by atoms with E-state index >= 15 is 0 Å². The number of rotatable bonds is 6. The molecule has 0 saturated carbocycles. The van der Waals surface area contributed by atoms with E-state index < -0.39 is 6.10 Å². The standard InChI is InChI=1S/C18H22N2O3/c1-20(18(22)19-12-14-6-4-3-5-7-14)13-17(21)15-8-10-16(23-2)11-9-15/h3-11,17,21H,12-13H2,1-2H3,(H,19,22). The number of aliphatic hydroxyl groups is 1. The Morgan fingerprint density at radius 1 is 1.17 bits per heavy atom. The van der Waals surface area contributed by atoms with Crippen LogP contribution in [0.4, 0.5) is 4.79 Å². The molecule has 0 fully saturated rings. The average molecular weight is 314 g/mol. The number of benzene rings is 2. The highest BCUT2D eigenvalue weighted by molar-refractivity contribution is 5.73. The number of carbonyl (C=O) groups excluding carboxylic acids is 1. The number of methoxy groups -OCH3 is 1. The van der Waals surface area contributed by atoms with Crippen molar-refractivity contribution in [2.45, 2.75) is 12.6 Å². The Balaban J connectivity index is 1.84. The number of hydrogen-bond donors (Lipinski definition) is 2. The fourth-order valence-electron chi connectivity index (χ4n) is 2.18. The molecule has 2 rings (SSSR count). The Morgan fingerprint density at radius 3 is 2.43 bits per heavy atom. The van der Waals surface area contributed by atoms with Crippen LogP contribution in [0.1, 0.15) is 17.2 Å². The van der Waals surface area contributed by atoms with Crippen LogP contribution in [0.3, 0.4) is 0 Å². The van der Waals surface area contributed by atoms with E-state index in [2.05, 4.69) is 5.32 Å². The van der Waals surface area contributed by atoms with Gasteiger partial charge in [-0.3, -0.25) is 0 Å². The van der Waals surface area contributed by atoms with Gasteiger partial charge in [-0.25, -0.2) is 4.79 Å². The number of ether oxygens (including phenoxy) is 1. The highest BCUT2D eigenvalue weighted by Gasteiger charge is 2.15. The van der Waals surface area contributed by atoms with Crippen LogP contribution in [0.2, 0.25) is 0 Å². The molecule has 1 unspecified atom stereocenters. The first-order valence-electron chi connectivity index (χ1n) is 7.45. The Hall–Kier alpha value is -2.53. The average Bonchev–Trinajstić information content (AvgIpc) is 2.60. The van der Waals surface area contributed by atoms with Crippen molar-refractivity contribution in [2.75, 3.05) is 20.7 Å². The van der Waals surface area contributed by atoms with Gasteiger partial charge in [-0.2, -0.15) is 0 Å². The highest BCUT2D eigenvalue weighted by Crippen LogP contribution is 2.18. The molecule has 2 aromatic carbocycles. The molecular weight excluding hydrogens is 292 g/mol. The van der Waals surface area contributed by atoms with Crippen LogP contribution >= 0.6 is 0 Å². The van der Waals surface area contributed by atoms with Gasteiger partial charge in [0.2, 0.25) is 0 Å². The predicted molar refractivity (Wildman–Crippen MR) is 89.3 cm³/mol. The van der Waals surface area contributed by atoms with E-state index in [1.165, 1.54) is 4.90 Å². The number of nitrogens with one attached hydrogen (secondary N) is 1. The lowest BCUT2D eigenvalue weighted by Gasteiger charge is -2.21. The van der Waals surface area contributed by atoms with E-state index in [0.717, 1.165) is 16.9 Å². The zero-order chi connectivity index (χ0) is 16.7. The molecule has 0 aromatic heterocycles. The quantitative estimate of drug-likeness (QED) is 0.861. The highest BCUT2D eigenvalue weighted by atomic mass is 16.5. The third-order valence-electron chi connectivity index (χ3n) is 3.58. The van der Waals surface area contributed by atoms with Crippen molar-refractivity contribution in [1.82, 2.24) is 10.2 Å². The first-order chi connectivity index (χ1) is 11.1. The maximum absolute atomic E-state index is 12.1. The molecule has 122 valence electrons. The summed E-state index contributed by atoms with van der Waals surface area (Å²) in [6.07, 6.45) is -0.742. The summed E-state index contributed by atoms with van der Waals surface area (Å²) in [5.41, 5.74) is 1.78. The first kappa shape index (κ1) is 16.8. The molecule has 2 N–H and O–H groups in total. The number of nitrogens with zero attached hydrogens (tertiary/aromatic N) is 1. The van der Waals surface area contributed by atoms with Crippen molar-refractivity contribution in [2.24, 2.45) is 0 Å². The molecule has 2 amide bonds. The normalized spacial score (nSPS) is 11.6. The molecule has 0 aliphatic heterocycles. The summed E-state index contributed by atoms with van der Waals surface area (Å²) in [5.74, 6) is 0.731. The van der Waals surface area contributed by atoms with Gasteiger partial charge < -0.3 is 20.1 Å². The number of hydrogen-bond acceptors (Lipinski definition) is 3. The molecule has 0 radical (unpaired) electrons. The molecule has 1 atom stereocenters. The predicted octanol–water partition coefficient (Wildman–Crippen LogP) is 2.57. The van der Waals surface area contributed by atoms with Crippen molar-refractivity contribution >= 4 is 6.03 Å². The lowest BCUT2D eigenvalue weighted by atomic mass is 10.1. The van der Waals surface area contributed by atoms with Gasteiger partial charge >= 0.3 is 6.03 Å². The van der Waals surface area contributed by atoms with Crippen molar-refractivity contribution in [3.8, 4) is 5.75 Å². The van der Waals surface area contributed by atoms with Gasteiger partial charge in [0.15, 0.2) is 0 Å². The molecule has 0 spiro atoms.